The first-order chi connectivity index (χ1) is 16.1. The summed E-state index contributed by atoms with van der Waals surface area (Å²) in [4.78, 5) is 28.0. The van der Waals surface area contributed by atoms with Crippen LogP contribution in [0.3, 0.4) is 0 Å². The molecule has 176 valence electrons. The fourth-order valence-corrected chi connectivity index (χ4v) is 6.80. The van der Waals surface area contributed by atoms with Gasteiger partial charge in [0.1, 0.15) is 10.8 Å². The summed E-state index contributed by atoms with van der Waals surface area (Å²) in [5.74, 6) is 0.591. The number of ether oxygens (including phenoxy) is 1. The normalized spacial score (nSPS) is 13.4. The van der Waals surface area contributed by atoms with Crippen molar-refractivity contribution in [2.45, 2.75) is 64.1 Å². The SMILES string of the molecule is CCOC(=O)c1c(NC(=O)CSc2nnc(Cc3cccs3)n2CC)sc2c1CCCCC2. The van der Waals surface area contributed by atoms with Crippen LogP contribution in [0.1, 0.15) is 64.6 Å². The predicted octanol–water partition coefficient (Wildman–Crippen LogP) is 5.19. The molecule has 0 unspecified atom stereocenters. The maximum Gasteiger partial charge on any atom is 0.341 e. The smallest absolute Gasteiger partial charge is 0.341 e. The number of fused-ring (bicyclic) bond motifs is 1. The van der Waals surface area contributed by atoms with Crippen molar-refractivity contribution in [2.24, 2.45) is 0 Å². The summed E-state index contributed by atoms with van der Waals surface area (Å²) in [5.41, 5.74) is 1.61. The summed E-state index contributed by atoms with van der Waals surface area (Å²) in [6.07, 6.45) is 5.86. The molecule has 0 aromatic carbocycles. The van der Waals surface area contributed by atoms with Crippen LogP contribution >= 0.6 is 34.4 Å². The summed E-state index contributed by atoms with van der Waals surface area (Å²) in [6, 6.07) is 4.12. The molecule has 1 amide bonds. The van der Waals surface area contributed by atoms with Gasteiger partial charge in [0.05, 0.1) is 17.9 Å². The summed E-state index contributed by atoms with van der Waals surface area (Å²) >= 11 is 4.58. The van der Waals surface area contributed by atoms with E-state index in [0.717, 1.165) is 61.6 Å². The van der Waals surface area contributed by atoms with Gasteiger partial charge in [-0.05, 0) is 56.5 Å². The number of hydrogen-bond donors (Lipinski definition) is 1. The van der Waals surface area contributed by atoms with E-state index in [4.69, 9.17) is 4.74 Å². The van der Waals surface area contributed by atoms with Crippen molar-refractivity contribution in [1.82, 2.24) is 14.8 Å². The Morgan fingerprint density at radius 3 is 2.82 bits per heavy atom. The van der Waals surface area contributed by atoms with Crippen LogP contribution in [0.5, 0.6) is 0 Å². The molecule has 0 atom stereocenters. The molecular formula is C23H28N4O3S3. The molecule has 10 heteroatoms. The monoisotopic (exact) mass is 504 g/mol. The highest BCUT2D eigenvalue weighted by atomic mass is 32.2. The second-order valence-corrected chi connectivity index (χ2v) is 10.8. The van der Waals surface area contributed by atoms with Gasteiger partial charge in [-0.3, -0.25) is 4.79 Å². The average Bonchev–Trinajstić information content (AvgIpc) is 3.49. The van der Waals surface area contributed by atoms with Crippen LogP contribution in [0, 0.1) is 0 Å². The highest BCUT2D eigenvalue weighted by Crippen LogP contribution is 2.38. The predicted molar refractivity (Wildman–Crippen MR) is 134 cm³/mol. The summed E-state index contributed by atoms with van der Waals surface area (Å²) < 4.78 is 7.36. The molecule has 1 aliphatic carbocycles. The largest absolute Gasteiger partial charge is 0.462 e. The van der Waals surface area contributed by atoms with Crippen molar-refractivity contribution in [3.05, 3.63) is 44.2 Å². The second-order valence-electron chi connectivity index (χ2n) is 7.73. The molecule has 0 saturated carbocycles. The Morgan fingerprint density at radius 2 is 2.06 bits per heavy atom. The van der Waals surface area contributed by atoms with Gasteiger partial charge in [-0.2, -0.15) is 0 Å². The number of rotatable bonds is 9. The highest BCUT2D eigenvalue weighted by molar-refractivity contribution is 7.99. The van der Waals surface area contributed by atoms with Crippen LogP contribution in [-0.2, 0) is 35.3 Å². The summed E-state index contributed by atoms with van der Waals surface area (Å²) in [6.45, 7) is 4.90. The van der Waals surface area contributed by atoms with Crippen molar-refractivity contribution in [3.63, 3.8) is 0 Å². The molecule has 1 aliphatic rings. The van der Waals surface area contributed by atoms with Gasteiger partial charge in [-0.25, -0.2) is 4.79 Å². The van der Waals surface area contributed by atoms with E-state index in [1.54, 1.807) is 18.3 Å². The zero-order chi connectivity index (χ0) is 23.2. The van der Waals surface area contributed by atoms with Gasteiger partial charge in [-0.15, -0.1) is 32.9 Å². The number of nitrogens with one attached hydrogen (secondary N) is 1. The van der Waals surface area contributed by atoms with Crippen LogP contribution in [0.15, 0.2) is 22.7 Å². The van der Waals surface area contributed by atoms with Crippen molar-refractivity contribution >= 4 is 51.3 Å². The Kier molecular flexibility index (Phi) is 8.21. The van der Waals surface area contributed by atoms with E-state index in [0.29, 0.717) is 17.2 Å². The lowest BCUT2D eigenvalue weighted by atomic mass is 10.1. The molecule has 3 aromatic heterocycles. The number of esters is 1. The molecule has 3 heterocycles. The van der Waals surface area contributed by atoms with Gasteiger partial charge in [0.15, 0.2) is 5.16 Å². The third-order valence-corrected chi connectivity index (χ3v) is 8.56. The Bertz CT molecular complexity index is 1100. The van der Waals surface area contributed by atoms with Gasteiger partial charge >= 0.3 is 5.97 Å². The van der Waals surface area contributed by atoms with Crippen LogP contribution < -0.4 is 5.32 Å². The Morgan fingerprint density at radius 1 is 1.21 bits per heavy atom. The molecule has 3 aromatic rings. The van der Waals surface area contributed by atoms with Crippen LogP contribution in [0.2, 0.25) is 0 Å². The zero-order valence-corrected chi connectivity index (χ0v) is 21.3. The number of aryl methyl sites for hydroxylation is 1. The Hall–Kier alpha value is -2.17. The second kappa shape index (κ2) is 11.3. The number of thiophene rings is 2. The number of aromatic nitrogens is 3. The minimum absolute atomic E-state index is 0.160. The van der Waals surface area contributed by atoms with Crippen molar-refractivity contribution in [1.29, 1.82) is 0 Å². The van der Waals surface area contributed by atoms with E-state index < -0.39 is 0 Å². The first-order valence-electron chi connectivity index (χ1n) is 11.3. The third-order valence-electron chi connectivity index (χ3n) is 5.51. The van der Waals surface area contributed by atoms with Crippen molar-refractivity contribution < 1.29 is 14.3 Å². The quantitative estimate of drug-likeness (QED) is 0.245. The van der Waals surface area contributed by atoms with E-state index in [1.165, 1.54) is 32.9 Å². The molecule has 0 radical (unpaired) electrons. The van der Waals surface area contributed by atoms with Gasteiger partial charge in [0.2, 0.25) is 5.91 Å². The fraction of sp³-hybridized carbons (Fsp3) is 0.478. The maximum atomic E-state index is 12.8. The molecule has 1 N–H and O–H groups in total. The number of carbonyl (C=O) groups is 2. The summed E-state index contributed by atoms with van der Waals surface area (Å²) in [5, 5.41) is 15.0. The van der Waals surface area contributed by atoms with E-state index in [2.05, 4.69) is 38.5 Å². The van der Waals surface area contributed by atoms with Crippen LogP contribution in [0.25, 0.3) is 0 Å². The van der Waals surface area contributed by atoms with Crippen LogP contribution in [0.4, 0.5) is 5.00 Å². The number of carbonyl (C=O) groups excluding carboxylic acids is 2. The van der Waals surface area contributed by atoms with E-state index in [-0.39, 0.29) is 17.6 Å². The molecule has 0 aliphatic heterocycles. The first-order valence-corrected chi connectivity index (χ1v) is 14.0. The maximum absolute atomic E-state index is 12.8. The first kappa shape index (κ1) is 24.0. The van der Waals surface area contributed by atoms with Gasteiger partial charge in [0.25, 0.3) is 0 Å². The van der Waals surface area contributed by atoms with Gasteiger partial charge < -0.3 is 14.6 Å². The van der Waals surface area contributed by atoms with Gasteiger partial charge in [-0.1, -0.05) is 24.2 Å². The van der Waals surface area contributed by atoms with E-state index in [9.17, 15) is 9.59 Å². The minimum Gasteiger partial charge on any atom is -0.462 e. The molecule has 7 nitrogen and oxygen atoms in total. The lowest BCUT2D eigenvalue weighted by Crippen LogP contribution is -2.17. The number of nitrogens with zero attached hydrogens (tertiary/aromatic N) is 3. The molecule has 33 heavy (non-hydrogen) atoms. The average molecular weight is 505 g/mol. The molecule has 0 bridgehead atoms. The molecule has 0 saturated heterocycles. The Labute approximate surface area is 206 Å². The van der Waals surface area contributed by atoms with Crippen molar-refractivity contribution in [3.8, 4) is 0 Å². The highest BCUT2D eigenvalue weighted by Gasteiger charge is 2.26. The minimum atomic E-state index is -0.344. The van der Waals surface area contributed by atoms with E-state index in [1.807, 2.05) is 6.07 Å². The summed E-state index contributed by atoms with van der Waals surface area (Å²) in [7, 11) is 0. The molecule has 4 rings (SSSR count). The topological polar surface area (TPSA) is 86.1 Å². The number of hydrogen-bond acceptors (Lipinski definition) is 8. The van der Waals surface area contributed by atoms with Crippen molar-refractivity contribution in [2.75, 3.05) is 17.7 Å². The number of amides is 1. The lowest BCUT2D eigenvalue weighted by molar-refractivity contribution is -0.113. The van der Waals surface area contributed by atoms with E-state index >= 15 is 0 Å². The van der Waals surface area contributed by atoms with Crippen LogP contribution in [-0.4, -0.2) is 39.0 Å². The molecule has 0 spiro atoms. The molecular weight excluding hydrogens is 476 g/mol. The molecule has 0 fully saturated rings. The zero-order valence-electron chi connectivity index (χ0n) is 18.9. The third kappa shape index (κ3) is 5.67. The standard InChI is InChI=1S/C23H28N4O3S3/c1-3-27-18(13-15-9-8-12-31-15)25-26-23(27)32-14-19(28)24-21-20(22(29)30-4-2)16-10-6-5-7-11-17(16)33-21/h8-9,12H,3-7,10-11,13-14H2,1-2H3,(H,24,28). The fourth-order valence-electron chi connectivity index (χ4n) is 3.99. The number of anilines is 1. The lowest BCUT2D eigenvalue weighted by Gasteiger charge is -2.09. The van der Waals surface area contributed by atoms with Gasteiger partial charge in [0, 0.05) is 22.7 Å². The number of thioether (sulfide) groups is 1. The Balaban J connectivity index is 1.45.